The normalized spacial score (nSPS) is 17.8. The summed E-state index contributed by atoms with van der Waals surface area (Å²) >= 11 is 0. The lowest BCUT2D eigenvalue weighted by Crippen LogP contribution is -2.36. The second kappa shape index (κ2) is 11.6. The number of piperidine rings is 1. The minimum atomic E-state index is 0.305. The van der Waals surface area contributed by atoms with Gasteiger partial charge in [-0.05, 0) is 109 Å². The number of hydrogen-bond acceptors (Lipinski definition) is 3. The maximum atomic E-state index is 13.3. The second-order valence-corrected chi connectivity index (χ2v) is 12.1. The fraction of sp³-hybridized carbons (Fsp3) is 0.342. The van der Waals surface area contributed by atoms with E-state index in [1.165, 1.54) is 45.4 Å². The van der Waals surface area contributed by atoms with Gasteiger partial charge in [0.1, 0.15) is 0 Å². The van der Waals surface area contributed by atoms with Gasteiger partial charge in [-0.2, -0.15) is 0 Å². The Morgan fingerprint density at radius 3 is 2.56 bits per heavy atom. The summed E-state index contributed by atoms with van der Waals surface area (Å²) in [6, 6.07) is 37.1. The number of Topliss-reactive ketones (excluding diaryl/α,β-unsaturated/α-hetero) is 1. The Hall–Kier alpha value is -3.71. The van der Waals surface area contributed by atoms with Crippen molar-refractivity contribution in [1.29, 1.82) is 0 Å². The van der Waals surface area contributed by atoms with E-state index in [2.05, 4.69) is 101 Å². The lowest BCUT2D eigenvalue weighted by molar-refractivity contribution is 0.0956. The van der Waals surface area contributed by atoms with Crippen molar-refractivity contribution in [1.82, 2.24) is 9.80 Å². The maximum Gasteiger partial charge on any atom is 0.162 e. The first-order valence-electron chi connectivity index (χ1n) is 15.4. The van der Waals surface area contributed by atoms with Gasteiger partial charge in [0.25, 0.3) is 0 Å². The molecular formula is C38H38N2O. The van der Waals surface area contributed by atoms with Gasteiger partial charge in [-0.3, -0.25) is 14.6 Å². The van der Waals surface area contributed by atoms with Gasteiger partial charge in [0.05, 0.1) is 6.04 Å². The number of hydrogen-bond donors (Lipinski definition) is 0. The monoisotopic (exact) mass is 538 g/mol. The van der Waals surface area contributed by atoms with Crippen LogP contribution in [0.2, 0.25) is 0 Å². The third-order valence-corrected chi connectivity index (χ3v) is 9.54. The van der Waals surface area contributed by atoms with E-state index in [1.54, 1.807) is 0 Å². The molecule has 0 aromatic heterocycles. The van der Waals surface area contributed by atoms with Gasteiger partial charge in [0.2, 0.25) is 0 Å². The molecule has 1 fully saturated rings. The highest BCUT2D eigenvalue weighted by Crippen LogP contribution is 2.46. The quantitative estimate of drug-likeness (QED) is 0.226. The van der Waals surface area contributed by atoms with Crippen molar-refractivity contribution in [3.05, 3.63) is 130 Å². The molecule has 2 heterocycles. The molecule has 206 valence electrons. The Kier molecular flexibility index (Phi) is 7.44. The molecule has 0 saturated carbocycles. The van der Waals surface area contributed by atoms with E-state index in [1.807, 2.05) is 6.07 Å². The molecule has 0 amide bonds. The van der Waals surface area contributed by atoms with Gasteiger partial charge < -0.3 is 0 Å². The Morgan fingerprint density at radius 2 is 1.68 bits per heavy atom. The summed E-state index contributed by atoms with van der Waals surface area (Å²) in [7, 11) is 0. The highest BCUT2D eigenvalue weighted by atomic mass is 16.1. The summed E-state index contributed by atoms with van der Waals surface area (Å²) in [5, 5.41) is 0. The van der Waals surface area contributed by atoms with Crippen molar-refractivity contribution in [2.24, 2.45) is 5.92 Å². The van der Waals surface area contributed by atoms with Crippen molar-refractivity contribution in [2.75, 3.05) is 19.6 Å². The Bertz CT molecular complexity index is 1470. The number of likely N-dealkylation sites (tertiary alicyclic amines) is 1. The highest BCUT2D eigenvalue weighted by Gasteiger charge is 2.34. The molecule has 4 aromatic carbocycles. The van der Waals surface area contributed by atoms with Crippen molar-refractivity contribution < 1.29 is 4.79 Å². The minimum absolute atomic E-state index is 0.305. The van der Waals surface area contributed by atoms with E-state index < -0.39 is 0 Å². The van der Waals surface area contributed by atoms with Gasteiger partial charge in [-0.1, -0.05) is 78.9 Å². The van der Waals surface area contributed by atoms with Gasteiger partial charge in [0.15, 0.2) is 5.78 Å². The smallest absolute Gasteiger partial charge is 0.162 e. The van der Waals surface area contributed by atoms with Crippen LogP contribution in [0, 0.1) is 18.1 Å². The molecule has 1 saturated heterocycles. The average molecular weight is 539 g/mol. The summed E-state index contributed by atoms with van der Waals surface area (Å²) in [5.41, 5.74) is 10.3. The minimum Gasteiger partial charge on any atom is -0.295 e. The predicted molar refractivity (Wildman–Crippen MR) is 165 cm³/mol. The van der Waals surface area contributed by atoms with Crippen LogP contribution in [-0.4, -0.2) is 35.2 Å². The molecule has 0 N–H and O–H groups in total. The van der Waals surface area contributed by atoms with Crippen molar-refractivity contribution >= 4 is 5.78 Å². The molecule has 1 atom stereocenters. The predicted octanol–water partition coefficient (Wildman–Crippen LogP) is 7.68. The molecular weight excluding hydrogens is 500 g/mol. The van der Waals surface area contributed by atoms with Crippen LogP contribution in [0.4, 0.5) is 0 Å². The summed E-state index contributed by atoms with van der Waals surface area (Å²) in [6.45, 7) is 5.14. The van der Waals surface area contributed by atoms with E-state index in [9.17, 15) is 4.79 Å². The van der Waals surface area contributed by atoms with E-state index in [4.69, 9.17) is 0 Å². The summed E-state index contributed by atoms with van der Waals surface area (Å²) < 4.78 is 0. The number of rotatable bonds is 7. The van der Waals surface area contributed by atoms with Gasteiger partial charge in [0, 0.05) is 30.6 Å². The molecule has 0 radical (unpaired) electrons. The van der Waals surface area contributed by atoms with E-state index in [0.29, 0.717) is 24.2 Å². The van der Waals surface area contributed by atoms with Crippen LogP contribution in [0.1, 0.15) is 76.3 Å². The van der Waals surface area contributed by atoms with Crippen LogP contribution in [0.5, 0.6) is 0 Å². The zero-order valence-electron chi connectivity index (χ0n) is 23.8. The number of nitrogens with zero attached hydrogens (tertiary/aromatic N) is 2. The fourth-order valence-electron chi connectivity index (χ4n) is 7.33. The van der Waals surface area contributed by atoms with Crippen LogP contribution in [-0.2, 0) is 19.5 Å². The molecule has 7 rings (SSSR count). The summed E-state index contributed by atoms with van der Waals surface area (Å²) in [5.74, 6) is 0.920. The largest absolute Gasteiger partial charge is 0.295 e. The molecule has 1 unspecified atom stereocenters. The summed E-state index contributed by atoms with van der Waals surface area (Å²) in [6.07, 6.45) is 6.22. The highest BCUT2D eigenvalue weighted by molar-refractivity contribution is 5.96. The molecule has 3 heteroatoms. The van der Waals surface area contributed by atoms with Crippen LogP contribution < -0.4 is 0 Å². The first-order chi connectivity index (χ1) is 20.2. The van der Waals surface area contributed by atoms with Crippen molar-refractivity contribution in [3.63, 3.8) is 0 Å². The maximum absolute atomic E-state index is 13.3. The average Bonchev–Trinajstić information content (AvgIpc) is 3.22. The lowest BCUT2D eigenvalue weighted by atomic mass is 9.88. The van der Waals surface area contributed by atoms with Crippen molar-refractivity contribution in [3.8, 4) is 11.1 Å². The number of fused-ring (bicyclic) bond motifs is 4. The number of benzene rings is 3. The Morgan fingerprint density at radius 1 is 0.854 bits per heavy atom. The molecule has 0 spiro atoms. The standard InChI is InChI=1S/C38H38N2O/c41-37(31-18-17-30-11-8-22-39(27-32(30)25-31)26-29-9-2-1-3-10-29)19-16-28-20-23-40(24-21-28)38-35-14-6-4-12-33(35)34-13-5-7-15-36(34)38/h1-4,6-7,9-10,12,14-15,17-18,25,28,38H,8,11,16,19-24,26-27H2. The van der Waals surface area contributed by atoms with Crippen LogP contribution >= 0.6 is 0 Å². The zero-order chi connectivity index (χ0) is 27.6. The first kappa shape index (κ1) is 26.2. The third-order valence-electron chi connectivity index (χ3n) is 9.54. The molecule has 3 nitrogen and oxygen atoms in total. The lowest BCUT2D eigenvalue weighted by Gasteiger charge is -2.36. The molecule has 0 bridgehead atoms. The number of aryl methyl sites for hydroxylation is 1. The number of ketones is 1. The molecule has 4 aromatic rings. The van der Waals surface area contributed by atoms with E-state index in [0.717, 1.165) is 64.0 Å². The van der Waals surface area contributed by atoms with Crippen LogP contribution in [0.15, 0.2) is 84.9 Å². The Labute approximate surface area is 244 Å². The second-order valence-electron chi connectivity index (χ2n) is 12.1. The first-order valence-corrected chi connectivity index (χ1v) is 15.4. The van der Waals surface area contributed by atoms with Gasteiger partial charge in [-0.15, -0.1) is 0 Å². The summed E-state index contributed by atoms with van der Waals surface area (Å²) in [4.78, 5) is 18.5. The SMILES string of the molecule is O=C(CCC1CCN(C2c3ccc#cc3-c3ccccc32)CC1)c1ccc2c(c1)CN(Cc1ccccc1)CCC2. The number of carbonyl (C=O) groups is 1. The van der Waals surface area contributed by atoms with E-state index in [-0.39, 0.29) is 0 Å². The molecule has 2 aliphatic heterocycles. The zero-order valence-corrected chi connectivity index (χ0v) is 23.8. The van der Waals surface area contributed by atoms with E-state index >= 15 is 0 Å². The molecule has 41 heavy (non-hydrogen) atoms. The fourth-order valence-corrected chi connectivity index (χ4v) is 7.33. The van der Waals surface area contributed by atoms with Gasteiger partial charge >= 0.3 is 0 Å². The Balaban J connectivity index is 0.958. The third kappa shape index (κ3) is 5.47. The van der Waals surface area contributed by atoms with Crippen LogP contribution in [0.25, 0.3) is 11.1 Å². The topological polar surface area (TPSA) is 23.6 Å². The molecule has 1 aliphatic carbocycles. The van der Waals surface area contributed by atoms with Gasteiger partial charge in [-0.25, -0.2) is 0 Å². The number of carbonyl (C=O) groups excluding carboxylic acids is 1. The van der Waals surface area contributed by atoms with Crippen molar-refractivity contribution in [2.45, 2.75) is 57.7 Å². The van der Waals surface area contributed by atoms with Crippen LogP contribution in [0.3, 0.4) is 0 Å². The molecule has 3 aliphatic rings.